The first-order valence-corrected chi connectivity index (χ1v) is 6.20. The van der Waals surface area contributed by atoms with Gasteiger partial charge in [0.15, 0.2) is 5.96 Å². The summed E-state index contributed by atoms with van der Waals surface area (Å²) in [5, 5.41) is 6.61. The fourth-order valence-corrected chi connectivity index (χ4v) is 2.06. The molecule has 0 bridgehead atoms. The van der Waals surface area contributed by atoms with Crippen molar-refractivity contribution in [3.8, 4) is 0 Å². The third kappa shape index (κ3) is 3.35. The lowest BCUT2D eigenvalue weighted by molar-refractivity contribution is 0.000876. The Morgan fingerprint density at radius 2 is 2.56 bits per heavy atom. The molecule has 1 fully saturated rings. The Labute approximate surface area is 97.2 Å². The Morgan fingerprint density at radius 3 is 3.31 bits per heavy atom. The quantitative estimate of drug-likeness (QED) is 0.690. The number of aliphatic imine (C=N–C) groups is 1. The molecule has 0 aliphatic carbocycles. The summed E-state index contributed by atoms with van der Waals surface area (Å²) in [7, 11) is 0. The van der Waals surface area contributed by atoms with E-state index >= 15 is 0 Å². The van der Waals surface area contributed by atoms with Crippen LogP contribution in [0.4, 0.5) is 0 Å². The van der Waals surface area contributed by atoms with Crippen LogP contribution in [0.3, 0.4) is 0 Å². The first-order chi connectivity index (χ1) is 7.86. The third-order valence-corrected chi connectivity index (χ3v) is 3.09. The normalized spacial score (nSPS) is 27.1. The summed E-state index contributed by atoms with van der Waals surface area (Å²) in [4.78, 5) is 6.84. The minimum Gasteiger partial charge on any atom is -0.379 e. The first-order valence-electron chi connectivity index (χ1n) is 6.20. The topological polar surface area (TPSA) is 48.9 Å². The van der Waals surface area contributed by atoms with Crippen LogP contribution in [-0.2, 0) is 4.74 Å². The molecule has 92 valence electrons. The second kappa shape index (κ2) is 6.06. The van der Waals surface area contributed by atoms with Crippen LogP contribution >= 0.6 is 0 Å². The van der Waals surface area contributed by atoms with Crippen LogP contribution < -0.4 is 10.6 Å². The molecular weight excluding hydrogens is 204 g/mol. The number of rotatable bonds is 3. The monoisotopic (exact) mass is 226 g/mol. The van der Waals surface area contributed by atoms with E-state index in [4.69, 9.17) is 4.74 Å². The van der Waals surface area contributed by atoms with Crippen LogP contribution in [0.5, 0.6) is 0 Å². The van der Waals surface area contributed by atoms with Gasteiger partial charge in [-0.25, -0.2) is 0 Å². The molecule has 0 aromatic heterocycles. The lowest BCUT2D eigenvalue weighted by Gasteiger charge is -2.33. The van der Waals surface area contributed by atoms with E-state index in [9.17, 15) is 0 Å². The fraction of sp³-hybridized carbons (Fsp3) is 0.909. The van der Waals surface area contributed by atoms with Crippen molar-refractivity contribution in [1.82, 2.24) is 15.5 Å². The number of hydrogen-bond donors (Lipinski definition) is 2. The molecule has 1 saturated heterocycles. The largest absolute Gasteiger partial charge is 0.379 e. The van der Waals surface area contributed by atoms with Crippen LogP contribution in [0.15, 0.2) is 4.99 Å². The summed E-state index contributed by atoms with van der Waals surface area (Å²) in [5.41, 5.74) is 0. The van der Waals surface area contributed by atoms with Gasteiger partial charge in [-0.2, -0.15) is 0 Å². The number of hydrogen-bond acceptors (Lipinski definition) is 5. The van der Waals surface area contributed by atoms with Crippen molar-refractivity contribution in [3.63, 3.8) is 0 Å². The summed E-state index contributed by atoms with van der Waals surface area (Å²) in [6.45, 7) is 8.99. The molecule has 0 saturated carbocycles. The highest BCUT2D eigenvalue weighted by atomic mass is 16.5. The Bertz CT molecular complexity index is 244. The van der Waals surface area contributed by atoms with Gasteiger partial charge in [-0.3, -0.25) is 9.89 Å². The summed E-state index contributed by atoms with van der Waals surface area (Å²) >= 11 is 0. The maximum atomic E-state index is 5.41. The molecule has 2 rings (SSSR count). The first kappa shape index (κ1) is 11.7. The lowest BCUT2D eigenvalue weighted by Crippen LogP contribution is -2.48. The Balaban J connectivity index is 1.64. The van der Waals surface area contributed by atoms with Gasteiger partial charge in [-0.05, 0) is 13.3 Å². The van der Waals surface area contributed by atoms with Crippen molar-refractivity contribution in [2.24, 2.45) is 4.99 Å². The Hall–Kier alpha value is -0.810. The van der Waals surface area contributed by atoms with E-state index in [1.54, 1.807) is 0 Å². The van der Waals surface area contributed by atoms with Crippen LogP contribution in [0.1, 0.15) is 13.3 Å². The van der Waals surface area contributed by atoms with E-state index < -0.39 is 0 Å². The molecule has 5 heteroatoms. The predicted octanol–water partition coefficient (Wildman–Crippen LogP) is -0.354. The zero-order valence-electron chi connectivity index (χ0n) is 10.0. The second-order valence-electron chi connectivity index (χ2n) is 4.40. The van der Waals surface area contributed by atoms with Crippen LogP contribution in [0.2, 0.25) is 0 Å². The number of nitrogens with one attached hydrogen (secondary N) is 2. The molecule has 1 unspecified atom stereocenters. The Morgan fingerprint density at radius 1 is 1.62 bits per heavy atom. The van der Waals surface area contributed by atoms with Crippen molar-refractivity contribution in [2.45, 2.75) is 19.4 Å². The van der Waals surface area contributed by atoms with Crippen LogP contribution in [-0.4, -0.2) is 62.8 Å². The highest BCUT2D eigenvalue weighted by Gasteiger charge is 2.17. The lowest BCUT2D eigenvalue weighted by atomic mass is 10.2. The fourth-order valence-electron chi connectivity index (χ4n) is 2.06. The minimum absolute atomic E-state index is 0.539. The van der Waals surface area contributed by atoms with Crippen molar-refractivity contribution in [1.29, 1.82) is 0 Å². The van der Waals surface area contributed by atoms with Crippen molar-refractivity contribution >= 4 is 5.96 Å². The van der Waals surface area contributed by atoms with Gasteiger partial charge in [-0.1, -0.05) is 0 Å². The van der Waals surface area contributed by atoms with E-state index in [-0.39, 0.29) is 0 Å². The molecule has 16 heavy (non-hydrogen) atoms. The number of morpholine rings is 1. The number of ether oxygens (including phenoxy) is 1. The zero-order chi connectivity index (χ0) is 11.2. The van der Waals surface area contributed by atoms with Gasteiger partial charge < -0.3 is 15.4 Å². The van der Waals surface area contributed by atoms with Gasteiger partial charge in [-0.15, -0.1) is 0 Å². The van der Waals surface area contributed by atoms with E-state index in [0.29, 0.717) is 6.04 Å². The van der Waals surface area contributed by atoms with Crippen LogP contribution in [0.25, 0.3) is 0 Å². The maximum Gasteiger partial charge on any atom is 0.191 e. The second-order valence-corrected chi connectivity index (χ2v) is 4.40. The van der Waals surface area contributed by atoms with Crippen molar-refractivity contribution < 1.29 is 4.74 Å². The average molecular weight is 226 g/mol. The molecule has 1 atom stereocenters. The average Bonchev–Trinajstić information content (AvgIpc) is 2.33. The highest BCUT2D eigenvalue weighted by molar-refractivity contribution is 5.80. The molecule has 2 aliphatic rings. The third-order valence-electron chi connectivity index (χ3n) is 3.09. The number of guanidine groups is 1. The molecule has 0 aromatic carbocycles. The molecule has 0 spiro atoms. The zero-order valence-corrected chi connectivity index (χ0v) is 10.0. The van der Waals surface area contributed by atoms with Gasteiger partial charge in [0.05, 0.1) is 13.2 Å². The van der Waals surface area contributed by atoms with Gasteiger partial charge in [0, 0.05) is 38.8 Å². The van der Waals surface area contributed by atoms with Gasteiger partial charge in [0.25, 0.3) is 0 Å². The molecule has 2 N–H and O–H groups in total. The maximum absolute atomic E-state index is 5.41. The van der Waals surface area contributed by atoms with Gasteiger partial charge >= 0.3 is 0 Å². The van der Waals surface area contributed by atoms with Crippen molar-refractivity contribution in [2.75, 3.05) is 45.9 Å². The molecule has 2 aliphatic heterocycles. The SMILES string of the molecule is CC1COCCN1CCNC1=NCCCN1. The molecule has 0 aromatic rings. The van der Waals surface area contributed by atoms with Crippen molar-refractivity contribution in [3.05, 3.63) is 0 Å². The predicted molar refractivity (Wildman–Crippen MR) is 64.8 cm³/mol. The van der Waals surface area contributed by atoms with Crippen LogP contribution in [0, 0.1) is 0 Å². The molecular formula is C11H22N4O. The Kier molecular flexibility index (Phi) is 4.42. The summed E-state index contributed by atoms with van der Waals surface area (Å²) in [6.07, 6.45) is 1.14. The highest BCUT2D eigenvalue weighted by Crippen LogP contribution is 2.04. The van der Waals surface area contributed by atoms with Gasteiger partial charge in [0.2, 0.25) is 0 Å². The smallest absolute Gasteiger partial charge is 0.191 e. The molecule has 0 amide bonds. The minimum atomic E-state index is 0.539. The molecule has 0 radical (unpaired) electrons. The van der Waals surface area contributed by atoms with E-state index in [1.165, 1.54) is 0 Å². The standard InChI is InChI=1S/C11H22N4O/c1-10-9-16-8-7-15(10)6-5-14-11-12-3-2-4-13-11/h10H,2-9H2,1H3,(H2,12,13,14). The summed E-state index contributed by atoms with van der Waals surface area (Å²) in [6, 6.07) is 0.539. The molecule has 5 nitrogen and oxygen atoms in total. The van der Waals surface area contributed by atoms with E-state index in [2.05, 4.69) is 27.4 Å². The van der Waals surface area contributed by atoms with E-state index in [0.717, 1.165) is 58.3 Å². The molecule has 2 heterocycles. The van der Waals surface area contributed by atoms with E-state index in [1.807, 2.05) is 0 Å². The number of nitrogens with zero attached hydrogens (tertiary/aromatic N) is 2. The summed E-state index contributed by atoms with van der Waals surface area (Å²) < 4.78 is 5.41. The van der Waals surface area contributed by atoms with Gasteiger partial charge in [0.1, 0.15) is 0 Å². The summed E-state index contributed by atoms with van der Waals surface area (Å²) in [5.74, 6) is 0.965.